The molecule has 1 aliphatic heterocycles. The Balaban J connectivity index is 1.27. The molecule has 0 unspecified atom stereocenters. The number of halogens is 3. The highest BCUT2D eigenvalue weighted by atomic mass is 19.4. The van der Waals surface area contributed by atoms with Crippen molar-refractivity contribution in [3.8, 4) is 0 Å². The fourth-order valence-electron chi connectivity index (χ4n) is 4.07. The molecule has 2 aliphatic rings. The number of hydrogen-bond acceptors (Lipinski definition) is 5. The third-order valence-electron chi connectivity index (χ3n) is 5.92. The molecule has 0 bridgehead atoms. The predicted molar refractivity (Wildman–Crippen MR) is 103 cm³/mol. The Morgan fingerprint density at radius 1 is 1.07 bits per heavy atom. The van der Waals surface area contributed by atoms with E-state index < -0.39 is 17.4 Å². The molecule has 4 heterocycles. The third kappa shape index (κ3) is 3.66. The van der Waals surface area contributed by atoms with Crippen molar-refractivity contribution >= 4 is 11.3 Å². The largest absolute Gasteiger partial charge is 0.433 e. The standard InChI is InChI=1S/C20H21F3N6O/c21-20(22,23)17-10-18(30)28(12-25-17)11-13-3-6-27(7-4-13)19-16-9-15(14-1-2-14)26-29(16)8-5-24-19/h5,8-10,12-14H,1-4,6-7,11H2. The van der Waals surface area contributed by atoms with Gasteiger partial charge in [0.2, 0.25) is 0 Å². The molecule has 0 aromatic carbocycles. The summed E-state index contributed by atoms with van der Waals surface area (Å²) in [7, 11) is 0. The van der Waals surface area contributed by atoms with Crippen molar-refractivity contribution in [3.63, 3.8) is 0 Å². The molecular formula is C20H21F3N6O. The maximum atomic E-state index is 12.7. The van der Waals surface area contributed by atoms with Crippen molar-refractivity contribution in [1.82, 2.24) is 24.1 Å². The van der Waals surface area contributed by atoms with Crippen LogP contribution >= 0.6 is 0 Å². The lowest BCUT2D eigenvalue weighted by Gasteiger charge is -2.33. The summed E-state index contributed by atoms with van der Waals surface area (Å²) in [5, 5.41) is 4.66. The molecule has 1 aliphatic carbocycles. The number of anilines is 1. The van der Waals surface area contributed by atoms with E-state index in [-0.39, 0.29) is 5.92 Å². The number of fused-ring (bicyclic) bond motifs is 1. The Hall–Kier alpha value is -2.91. The zero-order valence-corrected chi connectivity index (χ0v) is 16.2. The molecular weight excluding hydrogens is 397 g/mol. The highest BCUT2D eigenvalue weighted by Crippen LogP contribution is 2.40. The fraction of sp³-hybridized carbons (Fsp3) is 0.500. The lowest BCUT2D eigenvalue weighted by Crippen LogP contribution is -2.37. The van der Waals surface area contributed by atoms with Crippen LogP contribution in [0.3, 0.4) is 0 Å². The van der Waals surface area contributed by atoms with Crippen LogP contribution < -0.4 is 10.5 Å². The van der Waals surface area contributed by atoms with Gasteiger partial charge in [0, 0.05) is 44.0 Å². The number of aromatic nitrogens is 5. The van der Waals surface area contributed by atoms with Crippen LogP contribution in [0.15, 0.2) is 35.6 Å². The summed E-state index contributed by atoms with van der Waals surface area (Å²) < 4.78 is 41.2. The van der Waals surface area contributed by atoms with Crippen molar-refractivity contribution in [2.45, 2.75) is 44.3 Å². The molecule has 3 aromatic heterocycles. The number of piperidine rings is 1. The molecule has 0 amide bonds. The average Bonchev–Trinajstić information content (AvgIpc) is 3.47. The van der Waals surface area contributed by atoms with E-state index in [9.17, 15) is 18.0 Å². The van der Waals surface area contributed by atoms with Crippen molar-refractivity contribution in [3.05, 3.63) is 52.6 Å². The second kappa shape index (κ2) is 7.10. The fourth-order valence-corrected chi connectivity index (χ4v) is 4.07. The highest BCUT2D eigenvalue weighted by molar-refractivity contribution is 5.69. The Morgan fingerprint density at radius 3 is 2.50 bits per heavy atom. The minimum absolute atomic E-state index is 0.198. The first kappa shape index (κ1) is 19.1. The zero-order valence-electron chi connectivity index (χ0n) is 16.2. The van der Waals surface area contributed by atoms with Crippen molar-refractivity contribution in [2.75, 3.05) is 18.0 Å². The van der Waals surface area contributed by atoms with Gasteiger partial charge < -0.3 is 4.90 Å². The van der Waals surface area contributed by atoms with Gasteiger partial charge in [0.25, 0.3) is 5.56 Å². The molecule has 158 valence electrons. The topological polar surface area (TPSA) is 68.3 Å². The minimum Gasteiger partial charge on any atom is -0.355 e. The van der Waals surface area contributed by atoms with Crippen LogP contribution in [0.25, 0.3) is 5.52 Å². The van der Waals surface area contributed by atoms with Gasteiger partial charge in [0.05, 0.1) is 12.0 Å². The van der Waals surface area contributed by atoms with Crippen molar-refractivity contribution in [1.29, 1.82) is 0 Å². The number of nitrogens with zero attached hydrogens (tertiary/aromatic N) is 6. The molecule has 0 atom stereocenters. The molecule has 1 saturated carbocycles. The smallest absolute Gasteiger partial charge is 0.355 e. The Bertz CT molecular complexity index is 1130. The summed E-state index contributed by atoms with van der Waals surface area (Å²) in [5.74, 6) is 1.67. The van der Waals surface area contributed by atoms with Gasteiger partial charge in [-0.1, -0.05) is 0 Å². The molecule has 3 aromatic rings. The number of hydrogen-bond donors (Lipinski definition) is 0. The number of alkyl halides is 3. The molecule has 0 N–H and O–H groups in total. The normalized spacial score (nSPS) is 18.3. The summed E-state index contributed by atoms with van der Waals surface area (Å²) in [6.07, 6.45) is 4.04. The Kier molecular flexibility index (Phi) is 4.52. The van der Waals surface area contributed by atoms with Gasteiger partial charge in [-0.3, -0.25) is 9.36 Å². The van der Waals surface area contributed by atoms with Gasteiger partial charge in [0.15, 0.2) is 11.5 Å². The van der Waals surface area contributed by atoms with E-state index in [2.05, 4.69) is 26.0 Å². The van der Waals surface area contributed by atoms with E-state index in [1.807, 2.05) is 10.7 Å². The molecule has 10 heteroatoms. The lowest BCUT2D eigenvalue weighted by molar-refractivity contribution is -0.141. The quantitative estimate of drug-likeness (QED) is 0.651. The summed E-state index contributed by atoms with van der Waals surface area (Å²) in [5.41, 5.74) is 0.302. The predicted octanol–water partition coefficient (Wildman–Crippen LogP) is 3.10. The first-order chi connectivity index (χ1) is 14.4. The lowest BCUT2D eigenvalue weighted by atomic mass is 9.96. The summed E-state index contributed by atoms with van der Waals surface area (Å²) in [6, 6.07) is 2.69. The third-order valence-corrected chi connectivity index (χ3v) is 5.92. The van der Waals surface area contributed by atoms with Crippen LogP contribution in [0.4, 0.5) is 19.0 Å². The van der Waals surface area contributed by atoms with Crippen LogP contribution in [-0.2, 0) is 12.7 Å². The average molecular weight is 418 g/mol. The van der Waals surface area contributed by atoms with E-state index in [1.54, 1.807) is 6.20 Å². The van der Waals surface area contributed by atoms with E-state index in [0.717, 1.165) is 49.3 Å². The Labute approximate surface area is 170 Å². The molecule has 0 radical (unpaired) electrons. The second-order valence-corrected chi connectivity index (χ2v) is 8.12. The molecule has 2 fully saturated rings. The minimum atomic E-state index is -4.61. The monoisotopic (exact) mass is 418 g/mol. The van der Waals surface area contributed by atoms with E-state index in [4.69, 9.17) is 0 Å². The van der Waals surface area contributed by atoms with Gasteiger partial charge in [-0.25, -0.2) is 14.5 Å². The van der Waals surface area contributed by atoms with E-state index in [1.165, 1.54) is 17.4 Å². The SMILES string of the molecule is O=c1cc(C(F)(F)F)ncn1CC1CCN(c2nccn3nc(C4CC4)cc23)CC1. The first-order valence-electron chi connectivity index (χ1n) is 10.1. The molecule has 7 nitrogen and oxygen atoms in total. The maximum Gasteiger partial charge on any atom is 0.433 e. The number of rotatable bonds is 4. The van der Waals surface area contributed by atoms with Crippen LogP contribution in [0, 0.1) is 5.92 Å². The second-order valence-electron chi connectivity index (χ2n) is 8.12. The Morgan fingerprint density at radius 2 is 1.83 bits per heavy atom. The van der Waals surface area contributed by atoms with Gasteiger partial charge in [-0.2, -0.15) is 18.3 Å². The first-order valence-corrected chi connectivity index (χ1v) is 10.1. The van der Waals surface area contributed by atoms with Gasteiger partial charge in [-0.05, 0) is 37.7 Å². The summed E-state index contributed by atoms with van der Waals surface area (Å²) in [6.45, 7) is 1.90. The van der Waals surface area contributed by atoms with Gasteiger partial charge in [0.1, 0.15) is 5.52 Å². The van der Waals surface area contributed by atoms with Gasteiger partial charge in [-0.15, -0.1) is 0 Å². The molecule has 5 rings (SSSR count). The van der Waals surface area contributed by atoms with E-state index >= 15 is 0 Å². The van der Waals surface area contributed by atoms with Crippen LogP contribution in [0.5, 0.6) is 0 Å². The van der Waals surface area contributed by atoms with Crippen molar-refractivity contribution in [2.24, 2.45) is 5.92 Å². The summed E-state index contributed by atoms with van der Waals surface area (Å²) >= 11 is 0. The van der Waals surface area contributed by atoms with Gasteiger partial charge >= 0.3 is 6.18 Å². The zero-order chi connectivity index (χ0) is 20.9. The molecule has 0 spiro atoms. The van der Waals surface area contributed by atoms with Crippen LogP contribution in [-0.4, -0.2) is 37.2 Å². The highest BCUT2D eigenvalue weighted by Gasteiger charge is 2.33. The van der Waals surface area contributed by atoms with E-state index in [0.29, 0.717) is 18.5 Å². The van der Waals surface area contributed by atoms with Crippen LogP contribution in [0.1, 0.15) is 43.0 Å². The molecule has 30 heavy (non-hydrogen) atoms. The van der Waals surface area contributed by atoms with Crippen molar-refractivity contribution < 1.29 is 13.2 Å². The molecule has 1 saturated heterocycles. The summed E-state index contributed by atoms with van der Waals surface area (Å²) in [4.78, 5) is 22.2. The van der Waals surface area contributed by atoms with Crippen LogP contribution in [0.2, 0.25) is 0 Å². The maximum absolute atomic E-state index is 12.7.